The predicted octanol–water partition coefficient (Wildman–Crippen LogP) is -0.170. The summed E-state index contributed by atoms with van der Waals surface area (Å²) in [6.07, 6.45) is 1.87. The van der Waals surface area contributed by atoms with Gasteiger partial charge in [-0.1, -0.05) is 6.08 Å². The molecule has 0 aromatic heterocycles. The van der Waals surface area contributed by atoms with Crippen LogP contribution in [-0.4, -0.2) is 43.8 Å². The molecule has 1 fully saturated rings. The van der Waals surface area contributed by atoms with Crippen molar-refractivity contribution in [3.63, 3.8) is 0 Å². The number of likely N-dealkylation sites (N-methyl/N-ethyl adjacent to an activating group) is 1. The molecule has 0 spiro atoms. The average Bonchev–Trinajstić information content (AvgIpc) is 2.03. The topological polar surface area (TPSA) is 38.5 Å². The molecule has 2 N–H and O–H groups in total. The van der Waals surface area contributed by atoms with Gasteiger partial charge in [-0.25, -0.2) is 0 Å². The van der Waals surface area contributed by atoms with E-state index in [0.29, 0.717) is 0 Å². The van der Waals surface area contributed by atoms with Crippen molar-refractivity contribution in [1.29, 1.82) is 0 Å². The minimum absolute atomic E-state index is 0.0299. The van der Waals surface area contributed by atoms with Crippen LogP contribution in [0.3, 0.4) is 0 Å². The number of hydrogen-bond donors (Lipinski definition) is 1. The first-order chi connectivity index (χ1) is 5.24. The van der Waals surface area contributed by atoms with Crippen LogP contribution in [0.4, 0.5) is 0 Å². The van der Waals surface area contributed by atoms with E-state index in [2.05, 4.69) is 18.5 Å². The highest BCUT2D eigenvalue weighted by Crippen LogP contribution is 2.05. The summed E-state index contributed by atoms with van der Waals surface area (Å²) in [6, 6.07) is -0.0299. The van der Waals surface area contributed by atoms with Crippen LogP contribution in [0.1, 0.15) is 0 Å². The van der Waals surface area contributed by atoms with Crippen molar-refractivity contribution in [1.82, 2.24) is 4.90 Å². The molecule has 0 aliphatic carbocycles. The van der Waals surface area contributed by atoms with Crippen LogP contribution in [0.2, 0.25) is 0 Å². The molecule has 64 valence electrons. The zero-order chi connectivity index (χ0) is 8.27. The molecule has 11 heavy (non-hydrogen) atoms. The van der Waals surface area contributed by atoms with E-state index in [4.69, 9.17) is 10.5 Å². The molecule has 1 aliphatic rings. The summed E-state index contributed by atoms with van der Waals surface area (Å²) in [7, 11) is 2.07. The third kappa shape index (κ3) is 2.29. The van der Waals surface area contributed by atoms with E-state index < -0.39 is 0 Å². The van der Waals surface area contributed by atoms with Gasteiger partial charge in [0.2, 0.25) is 0 Å². The van der Waals surface area contributed by atoms with Gasteiger partial charge in [0.1, 0.15) is 0 Å². The fourth-order valence-electron chi connectivity index (χ4n) is 1.20. The smallest absolute Gasteiger partial charge is 0.0888 e. The Morgan fingerprint density at radius 2 is 2.55 bits per heavy atom. The molecule has 0 bridgehead atoms. The van der Waals surface area contributed by atoms with Crippen molar-refractivity contribution in [3.05, 3.63) is 12.7 Å². The largest absolute Gasteiger partial charge is 0.374 e. The zero-order valence-electron chi connectivity index (χ0n) is 6.99. The van der Waals surface area contributed by atoms with Gasteiger partial charge >= 0.3 is 0 Å². The first kappa shape index (κ1) is 8.71. The maximum absolute atomic E-state index is 5.74. The molecule has 3 nitrogen and oxygen atoms in total. The third-order valence-corrected chi connectivity index (χ3v) is 2.00. The number of morpholine rings is 1. The second-order valence-electron chi connectivity index (χ2n) is 2.98. The summed E-state index contributed by atoms with van der Waals surface area (Å²) in [5.74, 6) is 0. The van der Waals surface area contributed by atoms with E-state index in [1.54, 1.807) is 6.08 Å². The zero-order valence-corrected chi connectivity index (χ0v) is 6.99. The van der Waals surface area contributed by atoms with Crippen LogP contribution >= 0.6 is 0 Å². The van der Waals surface area contributed by atoms with Gasteiger partial charge in [-0.05, 0) is 7.05 Å². The monoisotopic (exact) mass is 156 g/mol. The van der Waals surface area contributed by atoms with E-state index in [1.807, 2.05) is 0 Å². The molecule has 0 radical (unpaired) electrons. The SMILES string of the molecule is C=CC(N)C1CN(C)CCO1. The van der Waals surface area contributed by atoms with Gasteiger partial charge in [0.05, 0.1) is 18.8 Å². The maximum Gasteiger partial charge on any atom is 0.0888 e. The van der Waals surface area contributed by atoms with Crippen LogP contribution < -0.4 is 5.73 Å². The Kier molecular flexibility index (Phi) is 3.05. The molecule has 0 aromatic carbocycles. The molecule has 1 heterocycles. The second kappa shape index (κ2) is 3.85. The van der Waals surface area contributed by atoms with Crippen LogP contribution in [-0.2, 0) is 4.74 Å². The van der Waals surface area contributed by atoms with E-state index in [0.717, 1.165) is 19.7 Å². The quantitative estimate of drug-likeness (QED) is 0.564. The Bertz CT molecular complexity index is 138. The molecule has 3 heteroatoms. The summed E-state index contributed by atoms with van der Waals surface area (Å²) < 4.78 is 5.46. The Balaban J connectivity index is 2.38. The summed E-state index contributed by atoms with van der Waals surface area (Å²) in [5.41, 5.74) is 5.74. The predicted molar refractivity (Wildman–Crippen MR) is 45.4 cm³/mol. The molecule has 1 rings (SSSR count). The van der Waals surface area contributed by atoms with E-state index in [1.165, 1.54) is 0 Å². The highest BCUT2D eigenvalue weighted by molar-refractivity contribution is 4.91. The highest BCUT2D eigenvalue weighted by atomic mass is 16.5. The minimum atomic E-state index is -0.0299. The number of nitrogens with two attached hydrogens (primary N) is 1. The standard InChI is InChI=1S/C8H16N2O/c1-3-7(9)8-6-10(2)4-5-11-8/h3,7-8H,1,4-6,9H2,2H3. The minimum Gasteiger partial charge on any atom is -0.374 e. The number of rotatable bonds is 2. The first-order valence-corrected chi connectivity index (χ1v) is 3.92. The van der Waals surface area contributed by atoms with Crippen molar-refractivity contribution < 1.29 is 4.74 Å². The van der Waals surface area contributed by atoms with Crippen LogP contribution in [0.15, 0.2) is 12.7 Å². The maximum atomic E-state index is 5.74. The molecule has 0 aromatic rings. The fraction of sp³-hybridized carbons (Fsp3) is 0.750. The molecule has 2 atom stereocenters. The van der Waals surface area contributed by atoms with Crippen molar-refractivity contribution in [2.24, 2.45) is 5.73 Å². The molecule has 1 aliphatic heterocycles. The molecule has 1 saturated heterocycles. The molecular formula is C8H16N2O. The lowest BCUT2D eigenvalue weighted by Crippen LogP contribution is -2.48. The van der Waals surface area contributed by atoms with Crippen molar-refractivity contribution >= 4 is 0 Å². The van der Waals surface area contributed by atoms with Gasteiger partial charge in [-0.2, -0.15) is 0 Å². The van der Waals surface area contributed by atoms with Gasteiger partial charge in [0.15, 0.2) is 0 Å². The van der Waals surface area contributed by atoms with Gasteiger partial charge in [-0.15, -0.1) is 6.58 Å². The van der Waals surface area contributed by atoms with Crippen LogP contribution in [0.25, 0.3) is 0 Å². The summed E-state index contributed by atoms with van der Waals surface area (Å²) in [5, 5.41) is 0. The Hall–Kier alpha value is -0.380. The first-order valence-electron chi connectivity index (χ1n) is 3.92. The van der Waals surface area contributed by atoms with E-state index in [9.17, 15) is 0 Å². The van der Waals surface area contributed by atoms with Gasteiger partial charge < -0.3 is 15.4 Å². The normalized spacial score (nSPS) is 29.8. The Morgan fingerprint density at radius 1 is 1.82 bits per heavy atom. The van der Waals surface area contributed by atoms with Crippen molar-refractivity contribution in [2.75, 3.05) is 26.7 Å². The number of hydrogen-bond acceptors (Lipinski definition) is 3. The lowest BCUT2D eigenvalue weighted by atomic mass is 10.1. The van der Waals surface area contributed by atoms with Crippen LogP contribution in [0, 0.1) is 0 Å². The third-order valence-electron chi connectivity index (χ3n) is 2.00. The summed E-state index contributed by atoms with van der Waals surface area (Å²) in [4.78, 5) is 2.22. The number of ether oxygens (including phenoxy) is 1. The lowest BCUT2D eigenvalue weighted by molar-refractivity contribution is -0.0248. The van der Waals surface area contributed by atoms with Gasteiger partial charge in [-0.3, -0.25) is 0 Å². The highest BCUT2D eigenvalue weighted by Gasteiger charge is 2.21. The fourth-order valence-corrected chi connectivity index (χ4v) is 1.20. The van der Waals surface area contributed by atoms with E-state index in [-0.39, 0.29) is 12.1 Å². The average molecular weight is 156 g/mol. The molecule has 0 saturated carbocycles. The molecule has 2 unspecified atom stereocenters. The number of nitrogens with zero attached hydrogens (tertiary/aromatic N) is 1. The van der Waals surface area contributed by atoms with Gasteiger partial charge in [0.25, 0.3) is 0 Å². The van der Waals surface area contributed by atoms with Crippen molar-refractivity contribution in [3.8, 4) is 0 Å². The summed E-state index contributed by atoms with van der Waals surface area (Å²) in [6.45, 7) is 6.33. The second-order valence-corrected chi connectivity index (χ2v) is 2.98. The molecule has 0 amide bonds. The van der Waals surface area contributed by atoms with E-state index >= 15 is 0 Å². The molecular weight excluding hydrogens is 140 g/mol. The Morgan fingerprint density at radius 3 is 3.09 bits per heavy atom. The summed E-state index contributed by atoms with van der Waals surface area (Å²) >= 11 is 0. The van der Waals surface area contributed by atoms with Crippen LogP contribution in [0.5, 0.6) is 0 Å². The van der Waals surface area contributed by atoms with Crippen molar-refractivity contribution in [2.45, 2.75) is 12.1 Å². The lowest BCUT2D eigenvalue weighted by Gasteiger charge is -2.32. The Labute approximate surface area is 67.8 Å². The van der Waals surface area contributed by atoms with Gasteiger partial charge in [0, 0.05) is 13.1 Å².